The van der Waals surface area contributed by atoms with Crippen molar-refractivity contribution in [2.75, 3.05) is 0 Å². The summed E-state index contributed by atoms with van der Waals surface area (Å²) in [7, 11) is 0. The molecule has 0 nitrogen and oxygen atoms in total. The zero-order valence-corrected chi connectivity index (χ0v) is 9.68. The smallest absolute Gasteiger partial charge is 1.00 e. The third-order valence-electron chi connectivity index (χ3n) is 2.40. The number of allylic oxidation sites excluding steroid dienone is 8. The zero-order chi connectivity index (χ0) is 8.55. The van der Waals surface area contributed by atoms with Crippen LogP contribution in [-0.4, -0.2) is 0 Å². The van der Waals surface area contributed by atoms with Gasteiger partial charge in [-0.05, 0) is 0 Å². The summed E-state index contributed by atoms with van der Waals surface area (Å²) in [6.07, 6.45) is 11.3. The predicted octanol–water partition coefficient (Wildman–Crippen LogP) is 3.25. The van der Waals surface area contributed by atoms with E-state index < -0.39 is 0 Å². The van der Waals surface area contributed by atoms with Crippen LogP contribution in [0.4, 0.5) is 0 Å². The van der Waals surface area contributed by atoms with Gasteiger partial charge in [-0.1, -0.05) is 0 Å². The fraction of sp³-hybridized carbons (Fsp3) is 0.273. The third-order valence-corrected chi connectivity index (χ3v) is 3.52. The summed E-state index contributed by atoms with van der Waals surface area (Å²) < 4.78 is 1.62. The second kappa shape index (κ2) is 3.30. The molecule has 2 rings (SSSR count). The number of hydrogen-bond acceptors (Lipinski definition) is 0. The van der Waals surface area contributed by atoms with Crippen molar-refractivity contribution >= 4 is 0 Å². The SMILES string of the molecule is CC1=CC[C]([Zr+2])=C1C1=CC=CC1.[H-].[H-]. The fourth-order valence-electron chi connectivity index (χ4n) is 1.78. The van der Waals surface area contributed by atoms with E-state index >= 15 is 0 Å². The minimum Gasteiger partial charge on any atom is -1.00 e. The molecule has 0 unspecified atom stereocenters. The van der Waals surface area contributed by atoms with Gasteiger partial charge in [-0.25, -0.2) is 0 Å². The van der Waals surface area contributed by atoms with E-state index in [1.54, 1.807) is 33.6 Å². The van der Waals surface area contributed by atoms with Crippen molar-refractivity contribution in [3.63, 3.8) is 0 Å². The van der Waals surface area contributed by atoms with E-state index in [1.165, 1.54) is 17.6 Å². The molecule has 0 radical (unpaired) electrons. The van der Waals surface area contributed by atoms with Crippen LogP contribution in [0.5, 0.6) is 0 Å². The molecule has 0 saturated heterocycles. The van der Waals surface area contributed by atoms with Crippen molar-refractivity contribution in [3.05, 3.63) is 44.3 Å². The monoisotopic (exact) mass is 235 g/mol. The van der Waals surface area contributed by atoms with Crippen molar-refractivity contribution in [1.82, 2.24) is 0 Å². The van der Waals surface area contributed by atoms with E-state index in [0.29, 0.717) is 0 Å². The molecular formula is C11H13Zr. The molecular weight excluding hydrogens is 223 g/mol. The van der Waals surface area contributed by atoms with Crippen molar-refractivity contribution in [1.29, 1.82) is 0 Å². The average molecular weight is 236 g/mol. The van der Waals surface area contributed by atoms with E-state index in [-0.39, 0.29) is 2.85 Å². The summed E-state index contributed by atoms with van der Waals surface area (Å²) in [5.74, 6) is 0. The first kappa shape index (κ1) is 8.44. The summed E-state index contributed by atoms with van der Waals surface area (Å²) in [6, 6.07) is 0. The van der Waals surface area contributed by atoms with E-state index in [0.717, 1.165) is 6.42 Å². The van der Waals surface area contributed by atoms with Gasteiger partial charge in [0.25, 0.3) is 0 Å². The molecule has 0 atom stereocenters. The van der Waals surface area contributed by atoms with Crippen LogP contribution < -0.4 is 0 Å². The first-order chi connectivity index (χ1) is 5.79. The minimum absolute atomic E-state index is 0. The van der Waals surface area contributed by atoms with Crippen LogP contribution in [0, 0.1) is 0 Å². The Hall–Kier alpha value is -0.157. The van der Waals surface area contributed by atoms with E-state index in [1.807, 2.05) is 0 Å². The maximum atomic E-state index is 2.35. The Bertz CT molecular complexity index is 335. The fourth-order valence-corrected chi connectivity index (χ4v) is 2.91. The summed E-state index contributed by atoms with van der Waals surface area (Å²) >= 11 is 1.58. The van der Waals surface area contributed by atoms with Crippen LogP contribution in [0.15, 0.2) is 44.3 Å². The molecule has 0 aliphatic heterocycles. The summed E-state index contributed by atoms with van der Waals surface area (Å²) in [5, 5.41) is 0. The van der Waals surface area contributed by atoms with Crippen LogP contribution in [0.25, 0.3) is 0 Å². The Morgan fingerprint density at radius 3 is 2.75 bits per heavy atom. The predicted molar refractivity (Wildman–Crippen MR) is 49.5 cm³/mol. The Morgan fingerprint density at radius 2 is 2.25 bits per heavy atom. The maximum Gasteiger partial charge on any atom is -1.00 e. The standard InChI is InChI=1S/C11H11.Zr.2H/c1-9-5-4-8-11(9)10-6-2-3-7-10;;;/h2-3,5-6H,4,7H2,1H3;;;/q;+2;2*-1. The molecule has 61 valence electrons. The van der Waals surface area contributed by atoms with Gasteiger partial charge in [0, 0.05) is 0 Å². The molecule has 0 fully saturated rings. The van der Waals surface area contributed by atoms with Crippen molar-refractivity contribution in [3.8, 4) is 0 Å². The van der Waals surface area contributed by atoms with Crippen LogP contribution >= 0.6 is 0 Å². The largest absolute Gasteiger partial charge is 1.00 e. The number of rotatable bonds is 1. The second-order valence-corrected chi connectivity index (χ2v) is 4.75. The van der Waals surface area contributed by atoms with Crippen LogP contribution in [0.1, 0.15) is 22.6 Å². The summed E-state index contributed by atoms with van der Waals surface area (Å²) in [5.41, 5.74) is 4.56. The van der Waals surface area contributed by atoms with Crippen LogP contribution in [-0.2, 0) is 24.7 Å². The molecule has 0 amide bonds. The molecule has 0 saturated carbocycles. The molecule has 0 spiro atoms. The molecule has 1 heteroatoms. The average Bonchev–Trinajstić information content (AvgIpc) is 2.61. The zero-order valence-electron chi connectivity index (χ0n) is 9.22. The Morgan fingerprint density at radius 1 is 1.42 bits per heavy atom. The van der Waals surface area contributed by atoms with Gasteiger partial charge < -0.3 is 2.85 Å². The van der Waals surface area contributed by atoms with Gasteiger partial charge in [-0.15, -0.1) is 0 Å². The minimum atomic E-state index is 0. The maximum absolute atomic E-state index is 2.35. The first-order valence-electron chi connectivity index (χ1n) is 4.27. The molecule has 0 aromatic rings. The van der Waals surface area contributed by atoms with Crippen molar-refractivity contribution in [2.45, 2.75) is 19.8 Å². The summed E-state index contributed by atoms with van der Waals surface area (Å²) in [6.45, 7) is 2.23. The Balaban J connectivity index is 0.000000845. The molecule has 0 aromatic heterocycles. The van der Waals surface area contributed by atoms with Gasteiger partial charge in [0.2, 0.25) is 0 Å². The second-order valence-electron chi connectivity index (χ2n) is 3.27. The van der Waals surface area contributed by atoms with Crippen LogP contribution in [0.3, 0.4) is 0 Å². The van der Waals surface area contributed by atoms with E-state index in [4.69, 9.17) is 0 Å². The van der Waals surface area contributed by atoms with Gasteiger partial charge in [0.05, 0.1) is 0 Å². The van der Waals surface area contributed by atoms with Crippen LogP contribution in [0.2, 0.25) is 0 Å². The first-order valence-corrected chi connectivity index (χ1v) is 5.50. The molecule has 12 heavy (non-hydrogen) atoms. The third kappa shape index (κ3) is 1.35. The summed E-state index contributed by atoms with van der Waals surface area (Å²) in [4.78, 5) is 0. The molecule has 2 aliphatic carbocycles. The molecule has 0 heterocycles. The van der Waals surface area contributed by atoms with Crippen molar-refractivity contribution in [2.24, 2.45) is 0 Å². The molecule has 0 bridgehead atoms. The normalized spacial score (nSPS) is 21.9. The molecule has 0 N–H and O–H groups in total. The molecule has 0 aromatic carbocycles. The van der Waals surface area contributed by atoms with E-state index in [2.05, 4.69) is 31.2 Å². The van der Waals surface area contributed by atoms with Gasteiger partial charge in [-0.3, -0.25) is 0 Å². The van der Waals surface area contributed by atoms with Gasteiger partial charge >= 0.3 is 88.8 Å². The van der Waals surface area contributed by atoms with Gasteiger partial charge in [0.15, 0.2) is 0 Å². The molecule has 2 aliphatic rings. The van der Waals surface area contributed by atoms with E-state index in [9.17, 15) is 0 Å². The van der Waals surface area contributed by atoms with Gasteiger partial charge in [0.1, 0.15) is 0 Å². The van der Waals surface area contributed by atoms with Gasteiger partial charge in [-0.2, -0.15) is 0 Å². The van der Waals surface area contributed by atoms with Crippen molar-refractivity contribution < 1.29 is 27.6 Å². The topological polar surface area (TPSA) is 0 Å². The Kier molecular flexibility index (Phi) is 2.32. The quantitative estimate of drug-likeness (QED) is 0.655. The Labute approximate surface area is 91.6 Å². The number of hydrogen-bond donors (Lipinski definition) is 0.